The third-order valence-electron chi connectivity index (χ3n) is 0.352. The lowest BCUT2D eigenvalue weighted by Crippen LogP contribution is -2.24. The van der Waals surface area contributed by atoms with Gasteiger partial charge < -0.3 is 0 Å². The van der Waals surface area contributed by atoms with E-state index in [2.05, 4.69) is 6.58 Å². The maximum Gasteiger partial charge on any atom is 0.223 e. The number of carbonyl (C=O) groups is 2. The minimum absolute atomic E-state index is 0.312. The lowest BCUT2D eigenvalue weighted by molar-refractivity contribution is -0.127. The number of hydrogen-bond acceptors (Lipinski definition) is 2. The summed E-state index contributed by atoms with van der Waals surface area (Å²) in [6.45, 7) is 7.84. The Balaban J connectivity index is 0. The topological polar surface area (TPSA) is 46.2 Å². The van der Waals surface area contributed by atoms with E-state index in [9.17, 15) is 9.59 Å². The third kappa shape index (κ3) is 28.7. The van der Waals surface area contributed by atoms with Gasteiger partial charge in [0.1, 0.15) is 0 Å². The Bertz CT molecular complexity index is 118. The van der Waals surface area contributed by atoms with Crippen LogP contribution in [0.15, 0.2) is 12.7 Å². The van der Waals surface area contributed by atoms with Crippen molar-refractivity contribution in [1.82, 2.24) is 5.32 Å². The molecule has 3 nitrogen and oxygen atoms in total. The highest BCUT2D eigenvalue weighted by atomic mass is 16.2. The van der Waals surface area contributed by atoms with Crippen molar-refractivity contribution in [3.05, 3.63) is 12.7 Å². The van der Waals surface area contributed by atoms with Crippen molar-refractivity contribution in [1.29, 1.82) is 0 Å². The standard InChI is InChI=1S/C4H7NO2.C3H6/c1-3(6)5-4(2)7;1-3-2/h1-2H3,(H,5,6,7);3H,1H2,2H3. The maximum absolute atomic E-state index is 9.92. The summed E-state index contributed by atoms with van der Waals surface area (Å²) in [5.41, 5.74) is 0. The molecular weight excluding hydrogens is 130 g/mol. The molecule has 0 aromatic carbocycles. The average molecular weight is 143 g/mol. The number of hydrogen-bond donors (Lipinski definition) is 1. The molecule has 2 amide bonds. The zero-order valence-corrected chi connectivity index (χ0v) is 6.60. The van der Waals surface area contributed by atoms with Crippen LogP contribution in [0.2, 0.25) is 0 Å². The molecule has 0 aromatic heterocycles. The normalized spacial score (nSPS) is 6.70. The van der Waals surface area contributed by atoms with Gasteiger partial charge in [0, 0.05) is 13.8 Å². The first-order valence-corrected chi connectivity index (χ1v) is 2.89. The zero-order valence-electron chi connectivity index (χ0n) is 6.60. The fourth-order valence-electron chi connectivity index (χ4n) is 0.248. The smallest absolute Gasteiger partial charge is 0.223 e. The molecule has 0 bridgehead atoms. The van der Waals surface area contributed by atoms with E-state index in [1.807, 2.05) is 12.2 Å². The highest BCUT2D eigenvalue weighted by Crippen LogP contribution is 1.58. The quantitative estimate of drug-likeness (QED) is 0.511. The highest BCUT2D eigenvalue weighted by molar-refractivity contribution is 5.92. The van der Waals surface area contributed by atoms with Gasteiger partial charge in [0.05, 0.1) is 0 Å². The first-order chi connectivity index (χ1) is 4.54. The minimum Gasteiger partial charge on any atom is -0.297 e. The van der Waals surface area contributed by atoms with Crippen LogP contribution in [0.25, 0.3) is 0 Å². The summed E-state index contributed by atoms with van der Waals surface area (Å²) in [7, 11) is 0. The number of imide groups is 1. The summed E-state index contributed by atoms with van der Waals surface area (Å²) >= 11 is 0. The van der Waals surface area contributed by atoms with E-state index < -0.39 is 0 Å². The van der Waals surface area contributed by atoms with Crippen molar-refractivity contribution in [2.75, 3.05) is 0 Å². The lowest BCUT2D eigenvalue weighted by Gasteiger charge is -1.88. The van der Waals surface area contributed by atoms with Gasteiger partial charge in [-0.1, -0.05) is 6.08 Å². The number of nitrogens with one attached hydrogen (secondary N) is 1. The largest absolute Gasteiger partial charge is 0.297 e. The van der Waals surface area contributed by atoms with Gasteiger partial charge in [-0.3, -0.25) is 14.9 Å². The molecule has 58 valence electrons. The van der Waals surface area contributed by atoms with Crippen LogP contribution in [-0.2, 0) is 9.59 Å². The second-order valence-electron chi connectivity index (χ2n) is 1.65. The van der Waals surface area contributed by atoms with E-state index in [4.69, 9.17) is 0 Å². The summed E-state index contributed by atoms with van der Waals surface area (Å²) < 4.78 is 0. The molecule has 10 heavy (non-hydrogen) atoms. The number of carbonyl (C=O) groups excluding carboxylic acids is 2. The van der Waals surface area contributed by atoms with Crippen LogP contribution in [0, 0.1) is 0 Å². The Hall–Kier alpha value is -1.12. The van der Waals surface area contributed by atoms with Gasteiger partial charge in [0.2, 0.25) is 11.8 Å². The molecule has 0 aromatic rings. The molecule has 0 radical (unpaired) electrons. The molecule has 1 N–H and O–H groups in total. The second kappa shape index (κ2) is 7.88. The monoisotopic (exact) mass is 143 g/mol. The van der Waals surface area contributed by atoms with E-state index in [0.717, 1.165) is 0 Å². The molecule has 0 aliphatic carbocycles. The molecule has 0 heterocycles. The van der Waals surface area contributed by atoms with Crippen LogP contribution >= 0.6 is 0 Å². The number of allylic oxidation sites excluding steroid dienone is 1. The Morgan fingerprint density at radius 3 is 1.50 bits per heavy atom. The van der Waals surface area contributed by atoms with Gasteiger partial charge >= 0.3 is 0 Å². The molecular formula is C7H13NO2. The molecule has 3 heteroatoms. The van der Waals surface area contributed by atoms with E-state index in [1.54, 1.807) is 6.08 Å². The fraction of sp³-hybridized carbons (Fsp3) is 0.429. The fourth-order valence-corrected chi connectivity index (χ4v) is 0.248. The molecule has 0 atom stereocenters. The van der Waals surface area contributed by atoms with Crippen molar-refractivity contribution in [3.8, 4) is 0 Å². The first-order valence-electron chi connectivity index (χ1n) is 2.89. The number of amides is 2. The predicted molar refractivity (Wildman–Crippen MR) is 40.4 cm³/mol. The zero-order chi connectivity index (χ0) is 8.57. The van der Waals surface area contributed by atoms with Crippen molar-refractivity contribution in [3.63, 3.8) is 0 Å². The van der Waals surface area contributed by atoms with Gasteiger partial charge in [-0.15, -0.1) is 6.58 Å². The van der Waals surface area contributed by atoms with Crippen molar-refractivity contribution < 1.29 is 9.59 Å². The third-order valence-corrected chi connectivity index (χ3v) is 0.352. The first kappa shape index (κ1) is 11.6. The molecule has 0 saturated carbocycles. The van der Waals surface area contributed by atoms with E-state index in [0.29, 0.717) is 0 Å². The molecule has 0 saturated heterocycles. The van der Waals surface area contributed by atoms with Crippen molar-refractivity contribution in [2.45, 2.75) is 20.8 Å². The van der Waals surface area contributed by atoms with Crippen LogP contribution in [0.5, 0.6) is 0 Å². The Labute approximate surface area is 61.1 Å². The maximum atomic E-state index is 9.92. The summed E-state index contributed by atoms with van der Waals surface area (Å²) in [5, 5.41) is 2.03. The van der Waals surface area contributed by atoms with Crippen LogP contribution < -0.4 is 5.32 Å². The van der Waals surface area contributed by atoms with Crippen LogP contribution in [0.3, 0.4) is 0 Å². The molecule has 0 unspecified atom stereocenters. The van der Waals surface area contributed by atoms with E-state index >= 15 is 0 Å². The lowest BCUT2D eigenvalue weighted by atomic mass is 10.6. The second-order valence-corrected chi connectivity index (χ2v) is 1.65. The Morgan fingerprint density at radius 2 is 1.50 bits per heavy atom. The van der Waals surface area contributed by atoms with Crippen LogP contribution in [0.4, 0.5) is 0 Å². The van der Waals surface area contributed by atoms with Crippen LogP contribution in [-0.4, -0.2) is 11.8 Å². The Kier molecular flexibility index (Phi) is 9.18. The SMILES string of the molecule is C=CC.CC(=O)NC(C)=O. The molecule has 0 fully saturated rings. The van der Waals surface area contributed by atoms with Gasteiger partial charge in [-0.2, -0.15) is 0 Å². The summed E-state index contributed by atoms with van der Waals surface area (Å²) in [5.74, 6) is -0.625. The highest BCUT2D eigenvalue weighted by Gasteiger charge is 1.90. The number of rotatable bonds is 0. The summed E-state index contributed by atoms with van der Waals surface area (Å²) in [6, 6.07) is 0. The molecule has 0 aliphatic heterocycles. The molecule has 0 spiro atoms. The van der Waals surface area contributed by atoms with Gasteiger partial charge in [-0.25, -0.2) is 0 Å². The molecule has 0 aliphatic rings. The van der Waals surface area contributed by atoms with Crippen molar-refractivity contribution >= 4 is 11.8 Å². The van der Waals surface area contributed by atoms with Crippen molar-refractivity contribution in [2.24, 2.45) is 0 Å². The van der Waals surface area contributed by atoms with E-state index in [1.165, 1.54) is 13.8 Å². The summed E-state index contributed by atoms with van der Waals surface area (Å²) in [4.78, 5) is 19.8. The van der Waals surface area contributed by atoms with Crippen LogP contribution in [0.1, 0.15) is 20.8 Å². The Morgan fingerprint density at radius 1 is 1.30 bits per heavy atom. The minimum atomic E-state index is -0.312. The van der Waals surface area contributed by atoms with Gasteiger partial charge in [0.25, 0.3) is 0 Å². The predicted octanol–water partition coefficient (Wildman–Crippen LogP) is 0.861. The van der Waals surface area contributed by atoms with E-state index in [-0.39, 0.29) is 11.8 Å². The van der Waals surface area contributed by atoms with Gasteiger partial charge in [0.15, 0.2) is 0 Å². The molecule has 0 rings (SSSR count). The van der Waals surface area contributed by atoms with Gasteiger partial charge in [-0.05, 0) is 6.92 Å². The summed E-state index contributed by atoms with van der Waals surface area (Å²) in [6.07, 6.45) is 1.75. The average Bonchev–Trinajstić information content (AvgIpc) is 1.62.